The third-order valence-corrected chi connectivity index (χ3v) is 6.87. The van der Waals surface area contributed by atoms with Crippen LogP contribution < -0.4 is 4.90 Å². The fourth-order valence-corrected chi connectivity index (χ4v) is 4.86. The number of allylic oxidation sites excluding steroid dienone is 1. The molecule has 0 N–H and O–H groups in total. The highest BCUT2D eigenvalue weighted by molar-refractivity contribution is 5.96. The lowest BCUT2D eigenvalue weighted by Crippen LogP contribution is -2.25. The van der Waals surface area contributed by atoms with E-state index >= 15 is 0 Å². The van der Waals surface area contributed by atoms with Crippen LogP contribution in [0.5, 0.6) is 0 Å². The number of benzene rings is 3. The first kappa shape index (κ1) is 25.9. The molecule has 0 saturated heterocycles. The lowest BCUT2D eigenvalue weighted by molar-refractivity contribution is -0.141. The molecule has 0 spiro atoms. The maximum Gasteiger partial charge on any atom is 0.331 e. The van der Waals surface area contributed by atoms with E-state index in [0.717, 1.165) is 22.6 Å². The van der Waals surface area contributed by atoms with Crippen LogP contribution in [0, 0.1) is 5.82 Å². The van der Waals surface area contributed by atoms with Gasteiger partial charge in [0.05, 0.1) is 11.4 Å². The fourth-order valence-electron chi connectivity index (χ4n) is 4.86. The molecule has 6 nitrogen and oxygen atoms in total. The van der Waals surface area contributed by atoms with Gasteiger partial charge in [-0.3, -0.25) is 4.79 Å². The van der Waals surface area contributed by atoms with Crippen LogP contribution in [0.3, 0.4) is 0 Å². The van der Waals surface area contributed by atoms with Gasteiger partial charge in [0.15, 0.2) is 12.4 Å². The third-order valence-electron chi connectivity index (χ3n) is 6.87. The Labute approximate surface area is 226 Å². The molecule has 1 aliphatic heterocycles. The van der Waals surface area contributed by atoms with Crippen molar-refractivity contribution in [3.8, 4) is 16.9 Å². The average molecular weight is 522 g/mol. The highest BCUT2D eigenvalue weighted by Crippen LogP contribution is 2.46. The van der Waals surface area contributed by atoms with E-state index in [1.165, 1.54) is 18.2 Å². The number of hydrogen-bond acceptors (Lipinski definition) is 5. The summed E-state index contributed by atoms with van der Waals surface area (Å²) in [6.07, 6.45) is 6.18. The number of halogens is 1. The van der Waals surface area contributed by atoms with Gasteiger partial charge < -0.3 is 9.64 Å². The Morgan fingerprint density at radius 1 is 0.974 bits per heavy atom. The Morgan fingerprint density at radius 2 is 1.67 bits per heavy atom. The summed E-state index contributed by atoms with van der Waals surface area (Å²) in [7, 11) is 1.93. The molecule has 1 aliphatic rings. The third kappa shape index (κ3) is 5.29. The minimum Gasteiger partial charge on any atom is -0.454 e. The SMILES string of the molecule is CN1C(=CC(=O)COC(=O)C=Cc2cn(-c3ccccc3)nc2-c2ccc(F)cc2)C(C)(C)c2ccccc21. The van der Waals surface area contributed by atoms with Crippen LogP contribution >= 0.6 is 0 Å². The molecule has 0 saturated carbocycles. The van der Waals surface area contributed by atoms with E-state index in [4.69, 9.17) is 4.74 Å². The average Bonchev–Trinajstić information content (AvgIpc) is 3.45. The van der Waals surface area contributed by atoms with Gasteiger partial charge in [0, 0.05) is 53.3 Å². The maximum atomic E-state index is 13.5. The van der Waals surface area contributed by atoms with Crippen molar-refractivity contribution in [2.75, 3.05) is 18.6 Å². The summed E-state index contributed by atoms with van der Waals surface area (Å²) in [6, 6.07) is 23.5. The summed E-state index contributed by atoms with van der Waals surface area (Å²) in [5.41, 5.74) is 5.44. The van der Waals surface area contributed by atoms with Crippen molar-refractivity contribution < 1.29 is 18.7 Å². The summed E-state index contributed by atoms with van der Waals surface area (Å²) in [5, 5.41) is 4.65. The number of likely N-dealkylation sites (N-methyl/N-ethyl adjacent to an activating group) is 1. The highest BCUT2D eigenvalue weighted by Gasteiger charge is 2.38. The Morgan fingerprint density at radius 3 is 2.38 bits per heavy atom. The van der Waals surface area contributed by atoms with Crippen molar-refractivity contribution in [3.05, 3.63) is 120 Å². The number of ketones is 1. The van der Waals surface area contributed by atoms with Crippen molar-refractivity contribution in [1.82, 2.24) is 9.78 Å². The monoisotopic (exact) mass is 521 g/mol. The van der Waals surface area contributed by atoms with Crippen LogP contribution in [0.25, 0.3) is 23.0 Å². The summed E-state index contributed by atoms with van der Waals surface area (Å²) in [4.78, 5) is 27.3. The predicted molar refractivity (Wildman–Crippen MR) is 150 cm³/mol. The zero-order valence-corrected chi connectivity index (χ0v) is 22.0. The Bertz CT molecular complexity index is 1580. The maximum absolute atomic E-state index is 13.5. The molecule has 4 aromatic rings. The first-order valence-electron chi connectivity index (χ1n) is 12.6. The number of carbonyl (C=O) groups excluding carboxylic acids is 2. The number of ether oxygens (including phenoxy) is 1. The normalized spacial score (nSPS) is 15.1. The summed E-state index contributed by atoms with van der Waals surface area (Å²) in [5.74, 6) is -1.30. The molecule has 0 amide bonds. The molecule has 1 aromatic heterocycles. The van der Waals surface area contributed by atoms with Gasteiger partial charge in [0.1, 0.15) is 5.82 Å². The van der Waals surface area contributed by atoms with Crippen molar-refractivity contribution >= 4 is 23.5 Å². The molecule has 0 fully saturated rings. The first-order chi connectivity index (χ1) is 18.7. The highest BCUT2D eigenvalue weighted by atomic mass is 19.1. The number of carbonyl (C=O) groups is 2. The standard InChI is InChI=1S/C32H28FN3O3/c1-32(2)27-11-7-8-12-28(27)35(3)29(32)19-26(37)21-39-30(38)18-15-23-20-36(25-9-5-4-6-10-25)34-31(23)22-13-16-24(33)17-14-22/h4-20H,21H2,1-3H3. The van der Waals surface area contributed by atoms with Crippen LogP contribution in [0.15, 0.2) is 103 Å². The van der Waals surface area contributed by atoms with Gasteiger partial charge in [-0.25, -0.2) is 13.9 Å². The molecule has 7 heteroatoms. The number of esters is 1. The topological polar surface area (TPSA) is 64.4 Å². The van der Waals surface area contributed by atoms with Gasteiger partial charge in [-0.1, -0.05) is 50.2 Å². The molecule has 39 heavy (non-hydrogen) atoms. The summed E-state index contributed by atoms with van der Waals surface area (Å²) < 4.78 is 20.4. The number of para-hydroxylation sites is 2. The zero-order valence-electron chi connectivity index (χ0n) is 22.0. The van der Waals surface area contributed by atoms with Gasteiger partial charge >= 0.3 is 5.97 Å². The van der Waals surface area contributed by atoms with E-state index in [2.05, 4.69) is 25.0 Å². The minimum absolute atomic E-state index is 0.302. The van der Waals surface area contributed by atoms with Crippen LogP contribution in [0.4, 0.5) is 10.1 Å². The second kappa shape index (κ2) is 10.5. The molecule has 0 radical (unpaired) electrons. The lowest BCUT2D eigenvalue weighted by atomic mass is 9.83. The van der Waals surface area contributed by atoms with Crippen LogP contribution in [-0.4, -0.2) is 35.2 Å². The number of rotatable bonds is 7. The minimum atomic E-state index is -0.651. The number of fused-ring (bicyclic) bond motifs is 1. The molecule has 0 bridgehead atoms. The Kier molecular flexibility index (Phi) is 6.98. The van der Waals surface area contributed by atoms with Gasteiger partial charge in [-0.2, -0.15) is 5.10 Å². The molecule has 2 heterocycles. The molecule has 0 atom stereocenters. The lowest BCUT2D eigenvalue weighted by Gasteiger charge is -2.23. The van der Waals surface area contributed by atoms with E-state index in [0.29, 0.717) is 16.8 Å². The predicted octanol–water partition coefficient (Wildman–Crippen LogP) is 6.12. The smallest absolute Gasteiger partial charge is 0.331 e. The van der Waals surface area contributed by atoms with Gasteiger partial charge in [0.2, 0.25) is 0 Å². The van der Waals surface area contributed by atoms with Crippen molar-refractivity contribution in [2.24, 2.45) is 0 Å². The largest absolute Gasteiger partial charge is 0.454 e. The van der Waals surface area contributed by atoms with Crippen LogP contribution in [-0.2, 0) is 19.7 Å². The quantitative estimate of drug-likeness (QED) is 0.217. The Balaban J connectivity index is 1.31. The van der Waals surface area contributed by atoms with Gasteiger partial charge in [0.25, 0.3) is 0 Å². The molecule has 0 aliphatic carbocycles. The molecule has 196 valence electrons. The fraction of sp³-hybridized carbons (Fsp3) is 0.156. The van der Waals surface area contributed by atoms with E-state index in [9.17, 15) is 14.0 Å². The van der Waals surface area contributed by atoms with Crippen molar-refractivity contribution in [3.63, 3.8) is 0 Å². The second-order valence-corrected chi connectivity index (χ2v) is 9.86. The van der Waals surface area contributed by atoms with Crippen LogP contribution in [0.2, 0.25) is 0 Å². The number of hydrogen-bond donors (Lipinski definition) is 0. The summed E-state index contributed by atoms with van der Waals surface area (Å²) in [6.45, 7) is 3.76. The van der Waals surface area contributed by atoms with Crippen LogP contribution in [0.1, 0.15) is 25.0 Å². The number of nitrogens with zero attached hydrogens (tertiary/aromatic N) is 3. The number of aromatic nitrogens is 2. The van der Waals surface area contributed by atoms with Crippen molar-refractivity contribution in [2.45, 2.75) is 19.3 Å². The second-order valence-electron chi connectivity index (χ2n) is 9.86. The zero-order chi connectivity index (χ0) is 27.6. The van der Waals surface area contributed by atoms with E-state index < -0.39 is 5.97 Å². The van der Waals surface area contributed by atoms with Crippen molar-refractivity contribution in [1.29, 1.82) is 0 Å². The number of anilines is 1. The molecule has 0 unspecified atom stereocenters. The van der Waals surface area contributed by atoms with Gasteiger partial charge in [-0.15, -0.1) is 0 Å². The molecule has 5 rings (SSSR count). The first-order valence-corrected chi connectivity index (χ1v) is 12.6. The Hall–Kier alpha value is -4.78. The molecular weight excluding hydrogens is 493 g/mol. The summed E-state index contributed by atoms with van der Waals surface area (Å²) >= 11 is 0. The molecule has 3 aromatic carbocycles. The molecular formula is C32H28FN3O3. The van der Waals surface area contributed by atoms with E-state index in [-0.39, 0.29) is 23.6 Å². The van der Waals surface area contributed by atoms with E-state index in [1.807, 2.05) is 60.5 Å². The van der Waals surface area contributed by atoms with E-state index in [1.54, 1.807) is 35.2 Å². The van der Waals surface area contributed by atoms with Gasteiger partial charge in [-0.05, 0) is 54.1 Å².